The van der Waals surface area contributed by atoms with Gasteiger partial charge in [0, 0.05) is 6.42 Å². The summed E-state index contributed by atoms with van der Waals surface area (Å²) in [6.07, 6.45) is 5.12. The summed E-state index contributed by atoms with van der Waals surface area (Å²) < 4.78 is 26.9. The minimum Gasteiger partial charge on any atom is -0.457 e. The first-order valence-corrected chi connectivity index (χ1v) is 16.6. The predicted molar refractivity (Wildman–Crippen MR) is 169 cm³/mol. The van der Waals surface area contributed by atoms with E-state index in [1.165, 1.54) is 0 Å². The number of aliphatic hydroxyl groups excluding tert-OH is 8. The summed E-state index contributed by atoms with van der Waals surface area (Å²) in [6.45, 7) is -0.0156. The fourth-order valence-electron chi connectivity index (χ4n) is 5.05. The Bertz CT molecular complexity index is 927. The van der Waals surface area contributed by atoms with E-state index in [0.717, 1.165) is 51.4 Å². The van der Waals surface area contributed by atoms with Crippen LogP contribution < -0.4 is 0 Å². The number of carbonyl (C=O) groups is 1. The molecule has 0 aromatic rings. The molecule has 8 N–H and O–H groups in total. The molecule has 0 amide bonds. The lowest BCUT2D eigenvalue weighted by Gasteiger charge is -2.42. The molecule has 2 rings (SSSR count). The lowest BCUT2D eigenvalue weighted by Crippen LogP contribution is -2.61. The Hall–Kier alpha value is -1.79. The van der Waals surface area contributed by atoms with Crippen LogP contribution in [0.15, 0.2) is 36.5 Å². The highest BCUT2D eigenvalue weighted by molar-refractivity contribution is 5.69. The number of hydrogen-bond acceptors (Lipinski definition) is 14. The maximum Gasteiger partial charge on any atom is 0.306 e. The Labute approximate surface area is 276 Å². The Balaban J connectivity index is 1.66. The second kappa shape index (κ2) is 23.5. The molecule has 0 bridgehead atoms. The molecule has 0 spiro atoms. The SMILES string of the molecule is CC/C=C\C/C=C\C/C=C\CCCCCCCC(=O)O[C@H](CO)CO[C@@H]1O[C@H](CO[C@H]2O[C@H](CO)[C@H](O)[C@H](O)[C@H]2O)[C@H](O)[C@H](O)[C@H]1O. The second-order valence-electron chi connectivity index (χ2n) is 11.8. The molecule has 0 aromatic heterocycles. The summed E-state index contributed by atoms with van der Waals surface area (Å²) in [4.78, 5) is 12.3. The van der Waals surface area contributed by atoms with Gasteiger partial charge in [0.15, 0.2) is 12.6 Å². The molecule has 2 aliphatic rings. The summed E-state index contributed by atoms with van der Waals surface area (Å²) >= 11 is 0. The van der Waals surface area contributed by atoms with Crippen molar-refractivity contribution in [2.24, 2.45) is 0 Å². The highest BCUT2D eigenvalue weighted by atomic mass is 16.7. The van der Waals surface area contributed by atoms with Crippen molar-refractivity contribution in [3.8, 4) is 0 Å². The van der Waals surface area contributed by atoms with Crippen molar-refractivity contribution in [3.05, 3.63) is 36.5 Å². The number of rotatable bonds is 22. The molecule has 272 valence electrons. The number of allylic oxidation sites excluding steroid dienone is 6. The van der Waals surface area contributed by atoms with E-state index in [0.29, 0.717) is 6.42 Å². The van der Waals surface area contributed by atoms with Crippen molar-refractivity contribution in [3.63, 3.8) is 0 Å². The molecule has 0 aromatic carbocycles. The maximum atomic E-state index is 12.3. The monoisotopic (exact) mass is 676 g/mol. The van der Waals surface area contributed by atoms with Crippen LogP contribution in [-0.2, 0) is 28.5 Å². The topological polar surface area (TPSA) is 225 Å². The van der Waals surface area contributed by atoms with Crippen LogP contribution in [-0.4, -0.2) is 141 Å². The summed E-state index contributed by atoms with van der Waals surface area (Å²) in [6, 6.07) is 0. The third-order valence-corrected chi connectivity index (χ3v) is 7.92. The smallest absolute Gasteiger partial charge is 0.306 e. The largest absolute Gasteiger partial charge is 0.457 e. The fraction of sp³-hybridized carbons (Fsp3) is 0.788. The van der Waals surface area contributed by atoms with Gasteiger partial charge in [-0.25, -0.2) is 0 Å². The van der Waals surface area contributed by atoms with Crippen LogP contribution in [0.2, 0.25) is 0 Å². The first kappa shape index (κ1) is 41.4. The van der Waals surface area contributed by atoms with Gasteiger partial charge < -0.3 is 64.5 Å². The third kappa shape index (κ3) is 14.7. The molecule has 14 nitrogen and oxygen atoms in total. The maximum absolute atomic E-state index is 12.3. The van der Waals surface area contributed by atoms with Crippen molar-refractivity contribution in [1.29, 1.82) is 0 Å². The molecule has 0 saturated carbocycles. The Kier molecular flexibility index (Phi) is 20.7. The average molecular weight is 677 g/mol. The molecule has 2 aliphatic heterocycles. The van der Waals surface area contributed by atoms with Gasteiger partial charge in [-0.3, -0.25) is 4.79 Å². The minimum absolute atomic E-state index is 0.168. The van der Waals surface area contributed by atoms with Gasteiger partial charge in [0.25, 0.3) is 0 Å². The molecular formula is C33H56O14. The highest BCUT2D eigenvalue weighted by Gasteiger charge is 2.47. The Morgan fingerprint density at radius 2 is 1.23 bits per heavy atom. The Morgan fingerprint density at radius 1 is 0.681 bits per heavy atom. The molecule has 2 heterocycles. The second-order valence-corrected chi connectivity index (χ2v) is 11.8. The van der Waals surface area contributed by atoms with Gasteiger partial charge in [-0.2, -0.15) is 0 Å². The summed E-state index contributed by atoms with van der Waals surface area (Å²) in [5.41, 5.74) is 0. The van der Waals surface area contributed by atoms with Gasteiger partial charge in [0.05, 0.1) is 26.4 Å². The average Bonchev–Trinajstić information content (AvgIpc) is 3.07. The van der Waals surface area contributed by atoms with Crippen molar-refractivity contribution in [1.82, 2.24) is 0 Å². The van der Waals surface area contributed by atoms with Crippen LogP contribution in [0.1, 0.15) is 71.1 Å². The van der Waals surface area contributed by atoms with E-state index in [1.807, 2.05) is 0 Å². The van der Waals surface area contributed by atoms with E-state index in [4.69, 9.17) is 23.7 Å². The van der Waals surface area contributed by atoms with Crippen LogP contribution in [0.5, 0.6) is 0 Å². The van der Waals surface area contributed by atoms with Crippen molar-refractivity contribution in [2.75, 3.05) is 26.4 Å². The van der Waals surface area contributed by atoms with Crippen molar-refractivity contribution < 1.29 is 69.3 Å². The molecule has 0 radical (unpaired) electrons. The van der Waals surface area contributed by atoms with Crippen LogP contribution >= 0.6 is 0 Å². The molecule has 0 unspecified atom stereocenters. The number of unbranched alkanes of at least 4 members (excludes halogenated alkanes) is 5. The third-order valence-electron chi connectivity index (χ3n) is 7.92. The van der Waals surface area contributed by atoms with Gasteiger partial charge in [-0.1, -0.05) is 62.6 Å². The van der Waals surface area contributed by atoms with Crippen LogP contribution in [0, 0.1) is 0 Å². The van der Waals surface area contributed by atoms with E-state index < -0.39 is 93.3 Å². The highest BCUT2D eigenvalue weighted by Crippen LogP contribution is 2.26. The van der Waals surface area contributed by atoms with Crippen LogP contribution in [0.4, 0.5) is 0 Å². The van der Waals surface area contributed by atoms with E-state index in [1.54, 1.807) is 0 Å². The summed E-state index contributed by atoms with van der Waals surface area (Å²) in [5, 5.41) is 80.0. The molecule has 2 saturated heterocycles. The zero-order valence-electron chi connectivity index (χ0n) is 27.2. The van der Waals surface area contributed by atoms with Gasteiger partial charge in [-0.05, 0) is 38.5 Å². The lowest BCUT2D eigenvalue weighted by atomic mass is 9.98. The molecular weight excluding hydrogens is 620 g/mol. The first-order chi connectivity index (χ1) is 22.6. The normalized spacial score (nSPS) is 32.4. The molecule has 11 atom stereocenters. The van der Waals surface area contributed by atoms with Gasteiger partial charge in [0.1, 0.15) is 54.9 Å². The van der Waals surface area contributed by atoms with Gasteiger partial charge >= 0.3 is 5.97 Å². The molecule has 2 fully saturated rings. The fourth-order valence-corrected chi connectivity index (χ4v) is 5.05. The van der Waals surface area contributed by atoms with Crippen molar-refractivity contribution in [2.45, 2.75) is 139 Å². The number of ether oxygens (including phenoxy) is 5. The number of hydrogen-bond donors (Lipinski definition) is 8. The number of carbonyl (C=O) groups excluding carboxylic acids is 1. The molecule has 14 heteroatoms. The van der Waals surface area contributed by atoms with Crippen LogP contribution in [0.25, 0.3) is 0 Å². The quantitative estimate of drug-likeness (QED) is 0.0433. The zero-order valence-corrected chi connectivity index (χ0v) is 27.2. The minimum atomic E-state index is -1.73. The first-order valence-electron chi connectivity index (χ1n) is 16.6. The lowest BCUT2D eigenvalue weighted by molar-refractivity contribution is -0.332. The van der Waals surface area contributed by atoms with Gasteiger partial charge in [-0.15, -0.1) is 0 Å². The van der Waals surface area contributed by atoms with Gasteiger partial charge in [0.2, 0.25) is 0 Å². The zero-order chi connectivity index (χ0) is 34.6. The standard InChI is InChI=1S/C33H56O14/c1-2-3-4-5-6-7-8-9-10-11-12-13-14-15-16-17-25(36)45-22(18-34)20-43-32-31(42)29(40)27(38)24(47-32)21-44-33-30(41)28(39)26(37)23(19-35)46-33/h3-4,6-7,9-10,22-24,26-35,37-42H,2,5,8,11-21H2,1H3/b4-3-,7-6-,10-9-/t22-,23-,24-,26+,27+,28+,29+,30-,31-,32-,33+/m1/s1. The summed E-state index contributed by atoms with van der Waals surface area (Å²) in [7, 11) is 0. The summed E-state index contributed by atoms with van der Waals surface area (Å²) in [5.74, 6) is -0.514. The van der Waals surface area contributed by atoms with Crippen molar-refractivity contribution >= 4 is 5.97 Å². The van der Waals surface area contributed by atoms with E-state index in [9.17, 15) is 45.6 Å². The van der Waals surface area contributed by atoms with Crippen LogP contribution in [0.3, 0.4) is 0 Å². The number of esters is 1. The molecule has 0 aliphatic carbocycles. The van der Waals surface area contributed by atoms with E-state index in [2.05, 4.69) is 43.4 Å². The predicted octanol–water partition coefficient (Wildman–Crippen LogP) is 0.121. The number of aliphatic hydroxyl groups is 8. The Morgan fingerprint density at radius 3 is 1.87 bits per heavy atom. The van der Waals surface area contributed by atoms with E-state index in [-0.39, 0.29) is 13.0 Å². The van der Waals surface area contributed by atoms with E-state index >= 15 is 0 Å². The molecule has 47 heavy (non-hydrogen) atoms.